The number of nitrogens with zero attached hydrogens (tertiary/aromatic N) is 1. The van der Waals surface area contributed by atoms with Crippen LogP contribution >= 0.6 is 0 Å². The molecule has 2 aliphatic heterocycles. The normalized spacial score (nSPS) is 18.5. The van der Waals surface area contributed by atoms with Crippen molar-refractivity contribution < 1.29 is 40.6 Å². The Labute approximate surface area is 202 Å². The molecule has 0 radical (unpaired) electrons. The van der Waals surface area contributed by atoms with Crippen molar-refractivity contribution in [2.45, 2.75) is 17.4 Å². The number of sulfonamides is 1. The lowest BCUT2D eigenvalue weighted by Crippen LogP contribution is -2.40. The summed E-state index contributed by atoms with van der Waals surface area (Å²) in [5.74, 6) is -0.550. The predicted octanol–water partition coefficient (Wildman–Crippen LogP) is 1.06. The van der Waals surface area contributed by atoms with Crippen LogP contribution in [-0.4, -0.2) is 78.0 Å². The zero-order valence-electron chi connectivity index (χ0n) is 18.8. The maximum atomic E-state index is 12.7. The van der Waals surface area contributed by atoms with Crippen molar-refractivity contribution in [3.05, 3.63) is 48.0 Å². The molecule has 0 unspecified atom stereocenters. The smallest absolute Gasteiger partial charge is 0.338 e. The van der Waals surface area contributed by atoms with Gasteiger partial charge in [0.15, 0.2) is 27.9 Å². The van der Waals surface area contributed by atoms with Crippen LogP contribution in [-0.2, 0) is 29.4 Å². The first-order valence-corrected chi connectivity index (χ1v) is 14.0. The third-order valence-corrected chi connectivity index (χ3v) is 8.80. The number of rotatable bonds is 7. The van der Waals surface area contributed by atoms with E-state index in [1.807, 2.05) is 0 Å². The predicted molar refractivity (Wildman–Crippen MR) is 125 cm³/mol. The molecule has 35 heavy (non-hydrogen) atoms. The summed E-state index contributed by atoms with van der Waals surface area (Å²) in [5.41, 5.74) is 0.334. The lowest BCUT2D eigenvalue weighted by atomic mass is 10.2. The molecule has 2 heterocycles. The van der Waals surface area contributed by atoms with Crippen molar-refractivity contribution in [3.8, 4) is 11.5 Å². The SMILES string of the molecule is CN(C(=O)COC(=O)c1ccc(NS(=O)(=O)c2ccc3c(c2)OCCO3)cc1)[C@H]1CCS(=O)(=O)C1. The number of nitrogens with one attached hydrogen (secondary N) is 1. The molecule has 1 atom stereocenters. The number of fused-ring (bicyclic) bond motifs is 1. The first kappa shape index (κ1) is 24.8. The van der Waals surface area contributed by atoms with E-state index in [9.17, 15) is 26.4 Å². The van der Waals surface area contributed by atoms with Crippen LogP contribution in [0.15, 0.2) is 47.4 Å². The fourth-order valence-electron chi connectivity index (χ4n) is 3.68. The first-order valence-electron chi connectivity index (χ1n) is 10.7. The van der Waals surface area contributed by atoms with Crippen LogP contribution in [0.4, 0.5) is 5.69 Å². The Bertz CT molecular complexity index is 1340. The Morgan fingerprint density at radius 2 is 1.77 bits per heavy atom. The van der Waals surface area contributed by atoms with Gasteiger partial charge in [-0.25, -0.2) is 21.6 Å². The van der Waals surface area contributed by atoms with Crippen molar-refractivity contribution in [1.82, 2.24) is 4.90 Å². The highest BCUT2D eigenvalue weighted by atomic mass is 32.2. The van der Waals surface area contributed by atoms with E-state index in [0.717, 1.165) is 0 Å². The molecule has 0 spiro atoms. The second-order valence-corrected chi connectivity index (χ2v) is 12.0. The van der Waals surface area contributed by atoms with Crippen molar-refractivity contribution in [2.75, 3.05) is 43.1 Å². The number of benzene rings is 2. The quantitative estimate of drug-likeness (QED) is 0.526. The molecule has 2 aromatic carbocycles. The Hall–Kier alpha value is -3.32. The third kappa shape index (κ3) is 5.85. The number of hydrogen-bond donors (Lipinski definition) is 1. The Morgan fingerprint density at radius 3 is 2.43 bits per heavy atom. The zero-order chi connectivity index (χ0) is 25.2. The maximum Gasteiger partial charge on any atom is 0.338 e. The Balaban J connectivity index is 1.33. The summed E-state index contributed by atoms with van der Waals surface area (Å²) in [7, 11) is -5.60. The topological polar surface area (TPSA) is 145 Å². The second kappa shape index (κ2) is 9.74. The van der Waals surface area contributed by atoms with Crippen LogP contribution < -0.4 is 14.2 Å². The standard InChI is InChI=1S/C22H24N2O9S2/c1-24(17-8-11-34(27,28)14-17)21(25)13-33-22(26)15-2-4-16(5-3-15)23-35(29,30)18-6-7-19-20(12-18)32-10-9-31-19/h2-7,12,17,23H,8-11,13-14H2,1H3/t17-/m0/s1. The Morgan fingerprint density at radius 1 is 1.09 bits per heavy atom. The monoisotopic (exact) mass is 524 g/mol. The zero-order valence-corrected chi connectivity index (χ0v) is 20.4. The van der Waals surface area contributed by atoms with Crippen LogP contribution in [0.3, 0.4) is 0 Å². The molecule has 1 saturated heterocycles. The molecule has 0 bridgehead atoms. The first-order chi connectivity index (χ1) is 16.5. The molecule has 188 valence electrons. The molecule has 4 rings (SSSR count). The van der Waals surface area contributed by atoms with Crippen LogP contribution in [0, 0.1) is 0 Å². The molecule has 0 aliphatic carbocycles. The van der Waals surface area contributed by atoms with Gasteiger partial charge in [0.05, 0.1) is 22.0 Å². The van der Waals surface area contributed by atoms with E-state index >= 15 is 0 Å². The van der Waals surface area contributed by atoms with Crippen molar-refractivity contribution in [1.29, 1.82) is 0 Å². The minimum absolute atomic E-state index is 0.0112. The molecule has 13 heteroatoms. The molecule has 11 nitrogen and oxygen atoms in total. The number of ether oxygens (including phenoxy) is 3. The fourth-order valence-corrected chi connectivity index (χ4v) is 6.52. The van der Waals surface area contributed by atoms with Gasteiger partial charge in [0.1, 0.15) is 13.2 Å². The summed E-state index contributed by atoms with van der Waals surface area (Å²) in [5, 5.41) is 0. The minimum Gasteiger partial charge on any atom is -0.486 e. The van der Waals surface area contributed by atoms with Gasteiger partial charge in [-0.05, 0) is 42.8 Å². The lowest BCUT2D eigenvalue weighted by Gasteiger charge is -2.23. The number of esters is 1. The van der Waals surface area contributed by atoms with Crippen molar-refractivity contribution in [3.63, 3.8) is 0 Å². The molecule has 2 aliphatic rings. The summed E-state index contributed by atoms with van der Waals surface area (Å²) in [6.45, 7) is 0.179. The van der Waals surface area contributed by atoms with Gasteiger partial charge < -0.3 is 19.1 Å². The molecular formula is C22H24N2O9S2. The lowest BCUT2D eigenvalue weighted by molar-refractivity contribution is -0.134. The summed E-state index contributed by atoms with van der Waals surface area (Å²) < 4.78 is 66.9. The highest BCUT2D eigenvalue weighted by Gasteiger charge is 2.33. The van der Waals surface area contributed by atoms with E-state index in [4.69, 9.17) is 14.2 Å². The van der Waals surface area contributed by atoms with E-state index in [-0.39, 0.29) is 27.7 Å². The number of hydrogen-bond acceptors (Lipinski definition) is 9. The number of amides is 1. The molecule has 2 aromatic rings. The van der Waals surface area contributed by atoms with Crippen LogP contribution in [0.2, 0.25) is 0 Å². The molecule has 0 saturated carbocycles. The maximum absolute atomic E-state index is 12.7. The van der Waals surface area contributed by atoms with Crippen LogP contribution in [0.25, 0.3) is 0 Å². The van der Waals surface area contributed by atoms with Gasteiger partial charge in [-0.15, -0.1) is 0 Å². The molecule has 0 aromatic heterocycles. The summed E-state index contributed by atoms with van der Waals surface area (Å²) >= 11 is 0. The number of carbonyl (C=O) groups is 2. The van der Waals surface area contributed by atoms with Crippen LogP contribution in [0.1, 0.15) is 16.8 Å². The van der Waals surface area contributed by atoms with Gasteiger partial charge in [-0.2, -0.15) is 0 Å². The molecule has 1 N–H and O–H groups in total. The van der Waals surface area contributed by atoms with Gasteiger partial charge in [0, 0.05) is 24.8 Å². The summed E-state index contributed by atoms with van der Waals surface area (Å²) in [6.07, 6.45) is 0.349. The van der Waals surface area contributed by atoms with Gasteiger partial charge in [0.2, 0.25) is 0 Å². The number of sulfone groups is 1. The van der Waals surface area contributed by atoms with Gasteiger partial charge in [0.25, 0.3) is 15.9 Å². The number of anilines is 1. The highest BCUT2D eigenvalue weighted by molar-refractivity contribution is 7.92. The van der Waals surface area contributed by atoms with E-state index < -0.39 is 44.4 Å². The average Bonchev–Trinajstić information content (AvgIpc) is 3.21. The molecular weight excluding hydrogens is 500 g/mol. The Kier molecular flexibility index (Phi) is 6.90. The highest BCUT2D eigenvalue weighted by Crippen LogP contribution is 2.32. The number of likely N-dealkylation sites (N-methyl/N-ethyl adjacent to an activating group) is 1. The van der Waals surface area contributed by atoms with Crippen molar-refractivity contribution in [2.24, 2.45) is 0 Å². The number of carbonyl (C=O) groups excluding carboxylic acids is 2. The average molecular weight is 525 g/mol. The second-order valence-electron chi connectivity index (χ2n) is 8.13. The van der Waals surface area contributed by atoms with E-state index in [2.05, 4.69) is 4.72 Å². The fraction of sp³-hybridized carbons (Fsp3) is 0.364. The van der Waals surface area contributed by atoms with Gasteiger partial charge in [-0.3, -0.25) is 9.52 Å². The van der Waals surface area contributed by atoms with Crippen LogP contribution in [0.5, 0.6) is 11.5 Å². The van der Waals surface area contributed by atoms with E-state index in [1.54, 1.807) is 0 Å². The van der Waals surface area contributed by atoms with Crippen molar-refractivity contribution >= 4 is 37.4 Å². The summed E-state index contributed by atoms with van der Waals surface area (Å²) in [4.78, 5) is 25.8. The van der Waals surface area contributed by atoms with Gasteiger partial charge in [-0.1, -0.05) is 0 Å². The third-order valence-electron chi connectivity index (χ3n) is 5.67. The van der Waals surface area contributed by atoms with E-state index in [1.165, 1.54) is 54.4 Å². The minimum atomic E-state index is -3.92. The van der Waals surface area contributed by atoms with E-state index in [0.29, 0.717) is 31.1 Å². The summed E-state index contributed by atoms with van der Waals surface area (Å²) in [6, 6.07) is 9.37. The molecule has 1 fully saturated rings. The van der Waals surface area contributed by atoms with Gasteiger partial charge >= 0.3 is 5.97 Å². The largest absolute Gasteiger partial charge is 0.486 e. The molecule has 1 amide bonds.